The van der Waals surface area contributed by atoms with Gasteiger partial charge in [-0.05, 0) is 0 Å². The van der Waals surface area contributed by atoms with Gasteiger partial charge in [0.1, 0.15) is 0 Å². The van der Waals surface area contributed by atoms with Crippen LogP contribution in [0.1, 0.15) is 20.3 Å². The Labute approximate surface area is 77.5 Å². The lowest BCUT2D eigenvalue weighted by Gasteiger charge is -2.30. The van der Waals surface area contributed by atoms with Gasteiger partial charge in [-0.2, -0.15) is 0 Å². The summed E-state index contributed by atoms with van der Waals surface area (Å²) in [4.78, 5) is 11.1. The third-order valence-corrected chi connectivity index (χ3v) is 2.22. The molecule has 0 unspecified atom stereocenters. The Balaban J connectivity index is 2.62. The van der Waals surface area contributed by atoms with Crippen molar-refractivity contribution in [3.05, 3.63) is 0 Å². The second-order valence-corrected chi connectivity index (χ2v) is 3.41. The minimum atomic E-state index is -0.774. The SMILES string of the molecule is CC(C)C1(CC(=O)NN)OCCO1. The number of nitrogens with one attached hydrogen (secondary N) is 1. The molecule has 0 aliphatic carbocycles. The highest BCUT2D eigenvalue weighted by Gasteiger charge is 2.41. The molecule has 5 heteroatoms. The normalized spacial score (nSPS) is 20.6. The maximum atomic E-state index is 11.1. The summed E-state index contributed by atoms with van der Waals surface area (Å²) in [7, 11) is 0. The molecule has 0 aromatic carbocycles. The van der Waals surface area contributed by atoms with Crippen LogP contribution in [-0.2, 0) is 14.3 Å². The van der Waals surface area contributed by atoms with Crippen LogP contribution in [-0.4, -0.2) is 24.9 Å². The van der Waals surface area contributed by atoms with Crippen LogP contribution < -0.4 is 11.3 Å². The first kappa shape index (κ1) is 10.4. The molecule has 1 aliphatic heterocycles. The second kappa shape index (κ2) is 4.04. The average molecular weight is 188 g/mol. The summed E-state index contributed by atoms with van der Waals surface area (Å²) < 4.78 is 10.9. The largest absolute Gasteiger partial charge is 0.347 e. The van der Waals surface area contributed by atoms with E-state index in [4.69, 9.17) is 15.3 Å². The van der Waals surface area contributed by atoms with Gasteiger partial charge in [0.15, 0.2) is 5.79 Å². The van der Waals surface area contributed by atoms with E-state index < -0.39 is 5.79 Å². The molecule has 1 rings (SSSR count). The number of ether oxygens (including phenoxy) is 2. The first-order chi connectivity index (χ1) is 6.10. The summed E-state index contributed by atoms with van der Waals surface area (Å²) >= 11 is 0. The molecule has 0 bridgehead atoms. The third kappa shape index (κ3) is 2.18. The summed E-state index contributed by atoms with van der Waals surface area (Å²) in [6, 6.07) is 0. The summed E-state index contributed by atoms with van der Waals surface area (Å²) in [5.41, 5.74) is 2.07. The molecule has 1 heterocycles. The summed E-state index contributed by atoms with van der Waals surface area (Å²) in [6.07, 6.45) is 0.154. The highest BCUT2D eigenvalue weighted by atomic mass is 16.7. The summed E-state index contributed by atoms with van der Waals surface area (Å²) in [6.45, 7) is 4.98. The molecule has 0 radical (unpaired) electrons. The van der Waals surface area contributed by atoms with Crippen LogP contribution in [0.4, 0.5) is 0 Å². The molecule has 0 spiro atoms. The van der Waals surface area contributed by atoms with Crippen molar-refractivity contribution in [2.45, 2.75) is 26.1 Å². The molecule has 1 fully saturated rings. The van der Waals surface area contributed by atoms with Crippen LogP contribution in [0.15, 0.2) is 0 Å². The molecule has 1 aliphatic rings. The van der Waals surface area contributed by atoms with Crippen LogP contribution in [0.5, 0.6) is 0 Å². The predicted octanol–water partition coefficient (Wildman–Crippen LogP) is -0.234. The van der Waals surface area contributed by atoms with E-state index in [1.54, 1.807) is 0 Å². The van der Waals surface area contributed by atoms with E-state index in [2.05, 4.69) is 5.43 Å². The fraction of sp³-hybridized carbons (Fsp3) is 0.875. The van der Waals surface area contributed by atoms with Crippen molar-refractivity contribution in [1.82, 2.24) is 5.43 Å². The molecule has 5 nitrogen and oxygen atoms in total. The number of hydrazine groups is 1. The Morgan fingerprint density at radius 3 is 2.46 bits per heavy atom. The van der Waals surface area contributed by atoms with Crippen molar-refractivity contribution in [2.24, 2.45) is 11.8 Å². The summed E-state index contributed by atoms with van der Waals surface area (Å²) in [5, 5.41) is 0. The fourth-order valence-electron chi connectivity index (χ4n) is 1.38. The van der Waals surface area contributed by atoms with Crippen LogP contribution >= 0.6 is 0 Å². The van der Waals surface area contributed by atoms with Crippen LogP contribution in [0.3, 0.4) is 0 Å². The van der Waals surface area contributed by atoms with Gasteiger partial charge in [-0.3, -0.25) is 10.2 Å². The molecule has 76 valence electrons. The van der Waals surface area contributed by atoms with Crippen LogP contribution in [0.2, 0.25) is 0 Å². The number of carbonyl (C=O) groups is 1. The zero-order chi connectivity index (χ0) is 9.90. The Bertz CT molecular complexity index is 188. The van der Waals surface area contributed by atoms with Crippen LogP contribution in [0.25, 0.3) is 0 Å². The molecule has 13 heavy (non-hydrogen) atoms. The van der Waals surface area contributed by atoms with Gasteiger partial charge in [0.2, 0.25) is 5.91 Å². The Morgan fingerprint density at radius 2 is 2.08 bits per heavy atom. The van der Waals surface area contributed by atoms with Gasteiger partial charge in [0.25, 0.3) is 0 Å². The zero-order valence-electron chi connectivity index (χ0n) is 8.00. The molecule has 1 amide bonds. The van der Waals surface area contributed by atoms with Gasteiger partial charge in [0, 0.05) is 5.92 Å². The minimum absolute atomic E-state index is 0.132. The predicted molar refractivity (Wildman–Crippen MR) is 46.4 cm³/mol. The van der Waals surface area contributed by atoms with E-state index in [1.165, 1.54) is 0 Å². The van der Waals surface area contributed by atoms with Crippen LogP contribution in [0, 0.1) is 5.92 Å². The maximum Gasteiger partial charge on any atom is 0.239 e. The molecular weight excluding hydrogens is 172 g/mol. The molecule has 3 N–H and O–H groups in total. The average Bonchev–Trinajstić information content (AvgIpc) is 2.54. The molecule has 0 aromatic rings. The first-order valence-corrected chi connectivity index (χ1v) is 4.38. The second-order valence-electron chi connectivity index (χ2n) is 3.41. The lowest BCUT2D eigenvalue weighted by Crippen LogP contribution is -2.43. The molecule has 0 saturated carbocycles. The maximum absolute atomic E-state index is 11.1. The van der Waals surface area contributed by atoms with E-state index >= 15 is 0 Å². The first-order valence-electron chi connectivity index (χ1n) is 4.38. The van der Waals surface area contributed by atoms with E-state index in [0.717, 1.165) is 0 Å². The van der Waals surface area contributed by atoms with Crippen molar-refractivity contribution >= 4 is 5.91 Å². The van der Waals surface area contributed by atoms with Crippen molar-refractivity contribution in [1.29, 1.82) is 0 Å². The lowest BCUT2D eigenvalue weighted by molar-refractivity contribution is -0.194. The topological polar surface area (TPSA) is 73.6 Å². The number of carbonyl (C=O) groups excluding carboxylic acids is 1. The molecule has 0 atom stereocenters. The lowest BCUT2D eigenvalue weighted by atomic mass is 9.99. The number of amides is 1. The van der Waals surface area contributed by atoms with E-state index in [-0.39, 0.29) is 18.2 Å². The molecular formula is C8H16N2O3. The number of hydrogen-bond acceptors (Lipinski definition) is 4. The Hall–Kier alpha value is -0.650. The van der Waals surface area contributed by atoms with E-state index in [9.17, 15) is 4.79 Å². The highest BCUT2D eigenvalue weighted by molar-refractivity contribution is 5.76. The smallest absolute Gasteiger partial charge is 0.239 e. The standard InChI is InChI=1S/C8H16N2O3/c1-6(2)8(5-7(11)10-9)12-3-4-13-8/h6H,3-5,9H2,1-2H3,(H,10,11). The van der Waals surface area contributed by atoms with Crippen molar-refractivity contribution in [3.63, 3.8) is 0 Å². The monoisotopic (exact) mass is 188 g/mol. The fourth-order valence-corrected chi connectivity index (χ4v) is 1.38. The van der Waals surface area contributed by atoms with Crippen molar-refractivity contribution in [2.75, 3.05) is 13.2 Å². The summed E-state index contributed by atoms with van der Waals surface area (Å²) in [5.74, 6) is 4.09. The van der Waals surface area contributed by atoms with Crippen molar-refractivity contribution in [3.8, 4) is 0 Å². The number of rotatable bonds is 3. The van der Waals surface area contributed by atoms with E-state index in [1.807, 2.05) is 13.8 Å². The van der Waals surface area contributed by atoms with Gasteiger partial charge in [-0.15, -0.1) is 0 Å². The molecule has 1 saturated heterocycles. The quantitative estimate of drug-likeness (QED) is 0.364. The van der Waals surface area contributed by atoms with E-state index in [0.29, 0.717) is 13.2 Å². The van der Waals surface area contributed by atoms with Gasteiger partial charge >= 0.3 is 0 Å². The Kier molecular flexibility index (Phi) is 3.24. The Morgan fingerprint density at radius 1 is 1.54 bits per heavy atom. The molecule has 0 aromatic heterocycles. The van der Waals surface area contributed by atoms with Gasteiger partial charge in [0.05, 0.1) is 19.6 Å². The number of nitrogens with two attached hydrogens (primary N) is 1. The third-order valence-electron chi connectivity index (χ3n) is 2.22. The van der Waals surface area contributed by atoms with Gasteiger partial charge in [-0.1, -0.05) is 13.8 Å². The highest BCUT2D eigenvalue weighted by Crippen LogP contribution is 2.31. The zero-order valence-corrected chi connectivity index (χ0v) is 8.00. The van der Waals surface area contributed by atoms with Gasteiger partial charge < -0.3 is 9.47 Å². The van der Waals surface area contributed by atoms with Gasteiger partial charge in [-0.25, -0.2) is 5.84 Å². The van der Waals surface area contributed by atoms with Crippen molar-refractivity contribution < 1.29 is 14.3 Å². The minimum Gasteiger partial charge on any atom is -0.347 e. The number of hydrogen-bond donors (Lipinski definition) is 2.